The van der Waals surface area contributed by atoms with Crippen LogP contribution in [0.25, 0.3) is 5.65 Å². The van der Waals surface area contributed by atoms with Crippen LogP contribution in [0.1, 0.15) is 31.6 Å². The number of nitrogens with one attached hydrogen (secondary N) is 1. The van der Waals surface area contributed by atoms with Crippen LogP contribution in [0, 0.1) is 0 Å². The molecule has 0 bridgehead atoms. The molecule has 2 aromatic heterocycles. The van der Waals surface area contributed by atoms with Crippen molar-refractivity contribution < 1.29 is 4.74 Å². The summed E-state index contributed by atoms with van der Waals surface area (Å²) >= 11 is 0. The Labute approximate surface area is 119 Å². The number of nitrogens with two attached hydrogens (primary N) is 1. The lowest BCUT2D eigenvalue weighted by Gasteiger charge is -2.21. The van der Waals surface area contributed by atoms with Crippen LogP contribution in [0.2, 0.25) is 0 Å². The number of ether oxygens (including phenoxy) is 1. The fourth-order valence-electron chi connectivity index (χ4n) is 2.36. The molecule has 2 atom stereocenters. The largest absolute Gasteiger partial charge is 0.383 e. The van der Waals surface area contributed by atoms with Gasteiger partial charge in [0.25, 0.3) is 0 Å². The van der Waals surface area contributed by atoms with Gasteiger partial charge < -0.3 is 15.8 Å². The molecular formula is C14H23N5O. The van der Waals surface area contributed by atoms with Crippen molar-refractivity contribution in [2.75, 3.05) is 20.3 Å². The van der Waals surface area contributed by atoms with Crippen molar-refractivity contribution >= 4 is 5.65 Å². The molecule has 0 fully saturated rings. The highest BCUT2D eigenvalue weighted by Crippen LogP contribution is 2.13. The minimum absolute atomic E-state index is 0.102. The van der Waals surface area contributed by atoms with E-state index in [-0.39, 0.29) is 12.1 Å². The first-order valence-corrected chi connectivity index (χ1v) is 7.01. The Kier molecular flexibility index (Phi) is 5.46. The molecule has 2 unspecified atom stereocenters. The molecule has 2 rings (SSSR count). The maximum absolute atomic E-state index is 5.58. The minimum atomic E-state index is 0.102. The van der Waals surface area contributed by atoms with Gasteiger partial charge in [0.05, 0.1) is 12.6 Å². The van der Waals surface area contributed by atoms with Gasteiger partial charge in [0.2, 0.25) is 0 Å². The van der Waals surface area contributed by atoms with Crippen LogP contribution in [0.3, 0.4) is 0 Å². The monoisotopic (exact) mass is 277 g/mol. The predicted molar refractivity (Wildman–Crippen MR) is 78.5 cm³/mol. The molecule has 110 valence electrons. The van der Waals surface area contributed by atoms with Crippen LogP contribution in [-0.4, -0.2) is 40.9 Å². The van der Waals surface area contributed by atoms with E-state index in [1.54, 1.807) is 7.11 Å². The van der Waals surface area contributed by atoms with Gasteiger partial charge in [-0.2, -0.15) is 0 Å². The van der Waals surface area contributed by atoms with Crippen LogP contribution in [-0.2, 0) is 4.74 Å². The van der Waals surface area contributed by atoms with Crippen molar-refractivity contribution in [2.45, 2.75) is 31.8 Å². The molecule has 2 aromatic rings. The lowest BCUT2D eigenvalue weighted by Crippen LogP contribution is -2.36. The lowest BCUT2D eigenvalue weighted by molar-refractivity contribution is 0.156. The SMILES string of the molecule is COCC(CCCN)NC(C)c1nnc2ccccn12. The number of nitrogens with zero attached hydrogens (tertiary/aromatic N) is 3. The van der Waals surface area contributed by atoms with Gasteiger partial charge >= 0.3 is 0 Å². The normalized spacial score (nSPS) is 14.6. The van der Waals surface area contributed by atoms with E-state index >= 15 is 0 Å². The molecule has 0 amide bonds. The zero-order valence-corrected chi connectivity index (χ0v) is 12.1. The van der Waals surface area contributed by atoms with E-state index < -0.39 is 0 Å². The highest BCUT2D eigenvalue weighted by Gasteiger charge is 2.17. The summed E-state index contributed by atoms with van der Waals surface area (Å²) in [4.78, 5) is 0. The van der Waals surface area contributed by atoms with E-state index in [4.69, 9.17) is 10.5 Å². The molecule has 6 heteroatoms. The van der Waals surface area contributed by atoms with Gasteiger partial charge in [-0.3, -0.25) is 4.40 Å². The topological polar surface area (TPSA) is 77.5 Å². The van der Waals surface area contributed by atoms with E-state index in [1.807, 2.05) is 28.8 Å². The van der Waals surface area contributed by atoms with Crippen molar-refractivity contribution in [1.29, 1.82) is 0 Å². The molecule has 0 saturated heterocycles. The molecule has 0 saturated carbocycles. The molecule has 0 aliphatic carbocycles. The number of pyridine rings is 1. The van der Waals surface area contributed by atoms with Crippen LogP contribution in [0.15, 0.2) is 24.4 Å². The van der Waals surface area contributed by atoms with Crippen molar-refractivity contribution in [1.82, 2.24) is 19.9 Å². The second-order valence-corrected chi connectivity index (χ2v) is 4.96. The summed E-state index contributed by atoms with van der Waals surface area (Å²) in [6.45, 7) is 3.46. The first kappa shape index (κ1) is 14.9. The molecule has 0 aliphatic rings. The molecule has 0 aromatic carbocycles. The van der Waals surface area contributed by atoms with Crippen molar-refractivity contribution in [3.63, 3.8) is 0 Å². The average molecular weight is 277 g/mol. The summed E-state index contributed by atoms with van der Waals surface area (Å²) in [5.41, 5.74) is 6.44. The van der Waals surface area contributed by atoms with Crippen molar-refractivity contribution in [3.05, 3.63) is 30.2 Å². The summed E-state index contributed by atoms with van der Waals surface area (Å²) < 4.78 is 7.27. The Hall–Kier alpha value is -1.50. The van der Waals surface area contributed by atoms with Gasteiger partial charge in [-0.25, -0.2) is 0 Å². The van der Waals surface area contributed by atoms with Gasteiger partial charge in [0, 0.05) is 19.3 Å². The molecule has 0 aliphatic heterocycles. The summed E-state index contributed by atoms with van der Waals surface area (Å²) in [6, 6.07) is 6.26. The summed E-state index contributed by atoms with van der Waals surface area (Å²) in [6.07, 6.45) is 3.95. The van der Waals surface area contributed by atoms with Crippen LogP contribution in [0.4, 0.5) is 0 Å². The van der Waals surface area contributed by atoms with Crippen LogP contribution >= 0.6 is 0 Å². The smallest absolute Gasteiger partial charge is 0.160 e. The number of hydrogen-bond donors (Lipinski definition) is 2. The average Bonchev–Trinajstić information content (AvgIpc) is 2.89. The number of rotatable bonds is 8. The Morgan fingerprint density at radius 3 is 3.00 bits per heavy atom. The van der Waals surface area contributed by atoms with Gasteiger partial charge in [0.15, 0.2) is 11.5 Å². The van der Waals surface area contributed by atoms with E-state index in [2.05, 4.69) is 22.4 Å². The molecular weight excluding hydrogens is 254 g/mol. The number of methoxy groups -OCH3 is 1. The second-order valence-electron chi connectivity index (χ2n) is 4.96. The zero-order valence-electron chi connectivity index (χ0n) is 12.1. The fourth-order valence-corrected chi connectivity index (χ4v) is 2.36. The van der Waals surface area contributed by atoms with Gasteiger partial charge in [-0.05, 0) is 38.4 Å². The summed E-state index contributed by atoms with van der Waals surface area (Å²) in [5.74, 6) is 0.912. The molecule has 20 heavy (non-hydrogen) atoms. The van der Waals surface area contributed by atoms with E-state index in [9.17, 15) is 0 Å². The van der Waals surface area contributed by atoms with Crippen LogP contribution < -0.4 is 11.1 Å². The first-order valence-electron chi connectivity index (χ1n) is 7.01. The molecule has 2 heterocycles. The maximum atomic E-state index is 5.58. The standard InChI is InChI=1S/C14H23N5O/c1-11(16-12(10-20-2)6-5-8-15)14-18-17-13-7-3-4-9-19(13)14/h3-4,7,9,11-12,16H,5-6,8,10,15H2,1-2H3. The quantitative estimate of drug-likeness (QED) is 0.756. The van der Waals surface area contributed by atoms with Crippen molar-refractivity contribution in [2.24, 2.45) is 5.73 Å². The highest BCUT2D eigenvalue weighted by molar-refractivity contribution is 5.37. The number of aromatic nitrogens is 3. The molecule has 6 nitrogen and oxygen atoms in total. The summed E-state index contributed by atoms with van der Waals surface area (Å²) in [7, 11) is 1.72. The third kappa shape index (κ3) is 3.53. The van der Waals surface area contributed by atoms with Gasteiger partial charge in [0.1, 0.15) is 0 Å². The second kappa shape index (κ2) is 7.33. The van der Waals surface area contributed by atoms with Crippen molar-refractivity contribution in [3.8, 4) is 0 Å². The predicted octanol–water partition coefficient (Wildman–Crippen LogP) is 1.13. The molecule has 0 radical (unpaired) electrons. The molecule has 3 N–H and O–H groups in total. The van der Waals surface area contributed by atoms with Crippen LogP contribution in [0.5, 0.6) is 0 Å². The maximum Gasteiger partial charge on any atom is 0.160 e. The first-order chi connectivity index (χ1) is 9.76. The van der Waals surface area contributed by atoms with E-state index in [0.29, 0.717) is 13.2 Å². The third-order valence-corrected chi connectivity index (χ3v) is 3.34. The lowest BCUT2D eigenvalue weighted by atomic mass is 10.1. The van der Waals surface area contributed by atoms with E-state index in [0.717, 1.165) is 24.3 Å². The minimum Gasteiger partial charge on any atom is -0.383 e. The Bertz CT molecular complexity index is 527. The van der Waals surface area contributed by atoms with E-state index in [1.165, 1.54) is 0 Å². The Morgan fingerprint density at radius 2 is 2.25 bits per heavy atom. The number of fused-ring (bicyclic) bond motifs is 1. The zero-order chi connectivity index (χ0) is 14.4. The summed E-state index contributed by atoms with van der Waals surface area (Å²) in [5, 5.41) is 12.0. The fraction of sp³-hybridized carbons (Fsp3) is 0.571. The number of hydrogen-bond acceptors (Lipinski definition) is 5. The van der Waals surface area contributed by atoms with Gasteiger partial charge in [-0.1, -0.05) is 6.07 Å². The Balaban J connectivity index is 2.07. The van der Waals surface area contributed by atoms with Gasteiger partial charge in [-0.15, -0.1) is 10.2 Å². The third-order valence-electron chi connectivity index (χ3n) is 3.34. The highest BCUT2D eigenvalue weighted by atomic mass is 16.5. The molecule has 0 spiro atoms. The Morgan fingerprint density at radius 1 is 1.40 bits per heavy atom.